The number of likely N-dealkylation sites (N-methyl/N-ethyl adjacent to an activating group) is 1. The molecule has 0 bridgehead atoms. The monoisotopic (exact) mass is 186 g/mol. The van der Waals surface area contributed by atoms with E-state index in [0.717, 1.165) is 6.26 Å². The molecule has 0 aliphatic rings. The molecule has 0 amide bonds. The van der Waals surface area contributed by atoms with Gasteiger partial charge in [0, 0.05) is 7.05 Å². The molecule has 5 heteroatoms. The third-order valence-electron chi connectivity index (χ3n) is 1.60. The van der Waals surface area contributed by atoms with E-state index in [1.165, 1.54) is 11.2 Å². The first kappa shape index (κ1) is 11.5. The van der Waals surface area contributed by atoms with Crippen LogP contribution in [-0.4, -0.2) is 40.5 Å². The highest BCUT2D eigenvalue weighted by Gasteiger charge is 2.13. The number of hydrogen-bond donors (Lipinski definition) is 2. The van der Waals surface area contributed by atoms with Crippen molar-refractivity contribution in [1.29, 1.82) is 0 Å². The summed E-state index contributed by atoms with van der Waals surface area (Å²) in [5.41, 5.74) is 0.421. The van der Waals surface area contributed by atoms with E-state index in [-0.39, 0.29) is 0 Å². The highest BCUT2D eigenvalue weighted by Crippen LogP contribution is 1.95. The fourth-order valence-corrected chi connectivity index (χ4v) is 0.490. The van der Waals surface area contributed by atoms with Crippen molar-refractivity contribution in [3.05, 3.63) is 12.0 Å². The molecule has 0 saturated heterocycles. The van der Waals surface area contributed by atoms with Crippen molar-refractivity contribution < 1.29 is 15.0 Å². The quantitative estimate of drug-likeness (QED) is 0.387. The van der Waals surface area contributed by atoms with Crippen molar-refractivity contribution in [2.75, 3.05) is 7.05 Å². The molecule has 1 unspecified atom stereocenters. The van der Waals surface area contributed by atoms with Crippen LogP contribution < -0.4 is 0 Å². The van der Waals surface area contributed by atoms with Crippen LogP contribution in [0.3, 0.4) is 0 Å². The maximum Gasteiger partial charge on any atom is 0.326 e. The second-order valence-electron chi connectivity index (χ2n) is 2.69. The van der Waals surface area contributed by atoms with Gasteiger partial charge in [-0.2, -0.15) is 0 Å². The van der Waals surface area contributed by atoms with Gasteiger partial charge in [0.1, 0.15) is 12.3 Å². The Labute approximate surface area is 77.0 Å². The highest BCUT2D eigenvalue weighted by molar-refractivity contribution is 5.76. The number of allylic oxidation sites excluding steroid dienone is 1. The van der Waals surface area contributed by atoms with Crippen LogP contribution in [0.4, 0.5) is 0 Å². The Balaban J connectivity index is 4.22. The molecule has 1 atom stereocenters. The minimum absolute atomic E-state index is 0.421. The van der Waals surface area contributed by atoms with Gasteiger partial charge >= 0.3 is 5.97 Å². The van der Waals surface area contributed by atoms with Crippen molar-refractivity contribution in [2.45, 2.75) is 19.9 Å². The van der Waals surface area contributed by atoms with Gasteiger partial charge < -0.3 is 15.1 Å². The predicted octanol–water partition coefficient (Wildman–Crippen LogP) is 0.839. The number of rotatable bonds is 4. The molecule has 0 fully saturated rings. The van der Waals surface area contributed by atoms with Gasteiger partial charge in [-0.25, -0.2) is 9.79 Å². The molecule has 0 spiro atoms. The van der Waals surface area contributed by atoms with Gasteiger partial charge in [-0.3, -0.25) is 0 Å². The Hall–Kier alpha value is -1.52. The van der Waals surface area contributed by atoms with Crippen LogP contribution in [0.2, 0.25) is 0 Å². The van der Waals surface area contributed by atoms with Gasteiger partial charge in [0.2, 0.25) is 0 Å². The lowest BCUT2D eigenvalue weighted by Gasteiger charge is -2.17. The minimum atomic E-state index is -0.917. The molecule has 0 heterocycles. The standard InChI is InChI=1S/C8H14N2O3/c1-6(4-11)9-5-10(3)7(2)8(12)13/h4-5,7,11H,1-3H3,(H,12,13)/b6-4-,9-5?. The van der Waals surface area contributed by atoms with Crippen molar-refractivity contribution >= 4 is 12.3 Å². The average Bonchev–Trinajstić information content (AvgIpc) is 2.11. The molecule has 74 valence electrons. The third kappa shape index (κ3) is 4.15. The zero-order valence-corrected chi connectivity index (χ0v) is 7.93. The number of carboxylic acid groups (broad SMARTS) is 1. The van der Waals surface area contributed by atoms with E-state index in [2.05, 4.69) is 4.99 Å². The first-order valence-corrected chi connectivity index (χ1v) is 3.79. The van der Waals surface area contributed by atoms with Crippen molar-refractivity contribution in [3.8, 4) is 0 Å². The van der Waals surface area contributed by atoms with E-state index in [1.54, 1.807) is 20.9 Å². The molecular weight excluding hydrogens is 172 g/mol. The largest absolute Gasteiger partial charge is 0.514 e. The van der Waals surface area contributed by atoms with E-state index in [1.807, 2.05) is 0 Å². The zero-order valence-electron chi connectivity index (χ0n) is 7.93. The van der Waals surface area contributed by atoms with Gasteiger partial charge in [0.05, 0.1) is 12.0 Å². The van der Waals surface area contributed by atoms with Crippen LogP contribution in [0.15, 0.2) is 17.0 Å². The molecule has 5 nitrogen and oxygen atoms in total. The fourth-order valence-electron chi connectivity index (χ4n) is 0.490. The van der Waals surface area contributed by atoms with Gasteiger partial charge in [-0.1, -0.05) is 0 Å². The van der Waals surface area contributed by atoms with E-state index in [4.69, 9.17) is 10.2 Å². The van der Waals surface area contributed by atoms with E-state index in [9.17, 15) is 4.79 Å². The number of aliphatic hydroxyl groups is 1. The van der Waals surface area contributed by atoms with E-state index in [0.29, 0.717) is 5.70 Å². The molecule has 0 aliphatic heterocycles. The lowest BCUT2D eigenvalue weighted by atomic mass is 10.3. The first-order valence-electron chi connectivity index (χ1n) is 3.79. The van der Waals surface area contributed by atoms with Gasteiger partial charge in [0.15, 0.2) is 0 Å². The smallest absolute Gasteiger partial charge is 0.326 e. The SMILES string of the molecule is C/C(=C/O)N=CN(C)C(C)C(=O)O. The molecule has 0 aromatic rings. The number of carboxylic acids is 1. The predicted molar refractivity (Wildman–Crippen MR) is 49.7 cm³/mol. The van der Waals surface area contributed by atoms with Crippen LogP contribution in [0.5, 0.6) is 0 Å². The average molecular weight is 186 g/mol. The molecule has 0 aliphatic carbocycles. The third-order valence-corrected chi connectivity index (χ3v) is 1.60. The van der Waals surface area contributed by atoms with Gasteiger partial charge in [0.25, 0.3) is 0 Å². The first-order chi connectivity index (χ1) is 5.99. The lowest BCUT2D eigenvalue weighted by molar-refractivity contribution is -0.140. The lowest BCUT2D eigenvalue weighted by Crippen LogP contribution is -2.34. The van der Waals surface area contributed by atoms with Crippen molar-refractivity contribution in [1.82, 2.24) is 4.90 Å². The summed E-state index contributed by atoms with van der Waals surface area (Å²) >= 11 is 0. The van der Waals surface area contributed by atoms with Crippen molar-refractivity contribution in [2.24, 2.45) is 4.99 Å². The Morgan fingerprint density at radius 1 is 1.62 bits per heavy atom. The van der Waals surface area contributed by atoms with Crippen LogP contribution in [0.25, 0.3) is 0 Å². The van der Waals surface area contributed by atoms with E-state index >= 15 is 0 Å². The minimum Gasteiger partial charge on any atom is -0.514 e. The molecule has 2 N–H and O–H groups in total. The topological polar surface area (TPSA) is 73.1 Å². The summed E-state index contributed by atoms with van der Waals surface area (Å²) < 4.78 is 0. The molecule has 0 saturated carbocycles. The number of nitrogens with zero attached hydrogens (tertiary/aromatic N) is 2. The number of carbonyl (C=O) groups is 1. The van der Waals surface area contributed by atoms with Gasteiger partial charge in [-0.15, -0.1) is 0 Å². The Bertz CT molecular complexity index is 236. The molecule has 0 rings (SSSR count). The number of hydrogen-bond acceptors (Lipinski definition) is 3. The summed E-state index contributed by atoms with van der Waals surface area (Å²) in [5, 5.41) is 17.1. The Kier molecular flexibility index (Phi) is 4.58. The molecular formula is C8H14N2O3. The van der Waals surface area contributed by atoms with Crippen molar-refractivity contribution in [3.63, 3.8) is 0 Å². The molecule has 0 aromatic heterocycles. The van der Waals surface area contributed by atoms with Crippen LogP contribution in [-0.2, 0) is 4.79 Å². The Morgan fingerprint density at radius 2 is 2.15 bits per heavy atom. The summed E-state index contributed by atoms with van der Waals surface area (Å²) in [4.78, 5) is 15.7. The van der Waals surface area contributed by atoms with E-state index < -0.39 is 12.0 Å². The second-order valence-corrected chi connectivity index (χ2v) is 2.69. The summed E-state index contributed by atoms with van der Waals surface area (Å²) in [6.07, 6.45) is 2.22. The van der Waals surface area contributed by atoms with Crippen LogP contribution >= 0.6 is 0 Å². The van der Waals surface area contributed by atoms with Gasteiger partial charge in [-0.05, 0) is 13.8 Å². The zero-order chi connectivity index (χ0) is 10.4. The Morgan fingerprint density at radius 3 is 2.54 bits per heavy atom. The number of aliphatic hydroxyl groups excluding tert-OH is 1. The normalized spacial score (nSPS) is 14.5. The summed E-state index contributed by atoms with van der Waals surface area (Å²) in [5.74, 6) is -0.917. The highest BCUT2D eigenvalue weighted by atomic mass is 16.4. The van der Waals surface area contributed by atoms with Crippen LogP contribution in [0.1, 0.15) is 13.8 Å². The maximum atomic E-state index is 10.5. The summed E-state index contributed by atoms with van der Waals surface area (Å²) in [7, 11) is 1.60. The molecule has 13 heavy (non-hydrogen) atoms. The maximum absolute atomic E-state index is 10.5. The number of aliphatic imine (C=N–C) groups is 1. The second kappa shape index (κ2) is 5.18. The summed E-state index contributed by atoms with van der Waals surface area (Å²) in [6, 6.07) is -0.629. The summed E-state index contributed by atoms with van der Waals surface area (Å²) in [6.45, 7) is 3.15. The molecule has 0 radical (unpaired) electrons. The fraction of sp³-hybridized carbons (Fsp3) is 0.500. The molecule has 0 aromatic carbocycles. The van der Waals surface area contributed by atoms with Crippen LogP contribution in [0, 0.1) is 0 Å². The number of aliphatic carboxylic acids is 1.